The highest BCUT2D eigenvalue weighted by Gasteiger charge is 2.14. The third kappa shape index (κ3) is 1.27. The monoisotopic (exact) mass is 154 g/mol. The van der Waals surface area contributed by atoms with E-state index >= 15 is 0 Å². The minimum atomic E-state index is -0.0625. The maximum absolute atomic E-state index is 9.29. The van der Waals surface area contributed by atoms with E-state index in [2.05, 4.69) is 0 Å². The summed E-state index contributed by atoms with van der Waals surface area (Å²) < 4.78 is 0.728. The standard InChI is InChI=1S/C8H11NO2/c1-3-7-6(2)4-5-9(11)8(7)10/h4-5,11H,3H2,1-2H3/p+1. The van der Waals surface area contributed by atoms with E-state index in [1.165, 1.54) is 6.20 Å². The lowest BCUT2D eigenvalue weighted by Gasteiger charge is -1.99. The first-order valence-corrected chi connectivity index (χ1v) is 3.59. The highest BCUT2D eigenvalue weighted by molar-refractivity contribution is 5.28. The van der Waals surface area contributed by atoms with Crippen LogP contribution in [0.1, 0.15) is 18.1 Å². The topological polar surface area (TPSA) is 44.3 Å². The van der Waals surface area contributed by atoms with E-state index in [-0.39, 0.29) is 5.88 Å². The van der Waals surface area contributed by atoms with Crippen molar-refractivity contribution in [2.45, 2.75) is 20.3 Å². The Labute approximate surface area is 65.5 Å². The van der Waals surface area contributed by atoms with Crippen molar-refractivity contribution >= 4 is 0 Å². The highest BCUT2D eigenvalue weighted by Crippen LogP contribution is 2.15. The van der Waals surface area contributed by atoms with Crippen molar-refractivity contribution < 1.29 is 15.0 Å². The van der Waals surface area contributed by atoms with Crippen LogP contribution in [-0.4, -0.2) is 10.3 Å². The minimum absolute atomic E-state index is 0.0625. The molecule has 0 fully saturated rings. The van der Waals surface area contributed by atoms with Gasteiger partial charge < -0.3 is 5.11 Å². The van der Waals surface area contributed by atoms with Gasteiger partial charge in [-0.05, 0) is 18.9 Å². The summed E-state index contributed by atoms with van der Waals surface area (Å²) >= 11 is 0. The molecule has 0 aliphatic carbocycles. The van der Waals surface area contributed by atoms with Gasteiger partial charge in [-0.15, -0.1) is 0 Å². The number of hydrogen-bond donors (Lipinski definition) is 2. The second kappa shape index (κ2) is 2.78. The normalized spacial score (nSPS) is 10.0. The van der Waals surface area contributed by atoms with Crippen LogP contribution in [0.5, 0.6) is 5.88 Å². The third-order valence-corrected chi connectivity index (χ3v) is 1.78. The van der Waals surface area contributed by atoms with Gasteiger partial charge in [-0.25, -0.2) is 0 Å². The van der Waals surface area contributed by atoms with Crippen molar-refractivity contribution in [1.82, 2.24) is 0 Å². The van der Waals surface area contributed by atoms with Gasteiger partial charge >= 0.3 is 5.88 Å². The molecule has 0 radical (unpaired) electrons. The van der Waals surface area contributed by atoms with Crippen molar-refractivity contribution in [1.29, 1.82) is 0 Å². The second-order valence-corrected chi connectivity index (χ2v) is 2.50. The first kappa shape index (κ1) is 7.85. The van der Waals surface area contributed by atoms with Crippen LogP contribution in [0.15, 0.2) is 12.3 Å². The summed E-state index contributed by atoms with van der Waals surface area (Å²) in [4.78, 5) is 0. The Bertz CT molecular complexity index is 271. The zero-order valence-corrected chi connectivity index (χ0v) is 6.70. The Morgan fingerprint density at radius 1 is 1.55 bits per heavy atom. The van der Waals surface area contributed by atoms with E-state index < -0.39 is 0 Å². The number of aromatic nitrogens is 1. The van der Waals surface area contributed by atoms with Gasteiger partial charge in [-0.3, -0.25) is 5.21 Å². The minimum Gasteiger partial charge on any atom is -0.456 e. The van der Waals surface area contributed by atoms with Crippen LogP contribution >= 0.6 is 0 Å². The molecule has 1 aromatic rings. The largest absolute Gasteiger partial charge is 0.456 e. The lowest BCUT2D eigenvalue weighted by atomic mass is 10.1. The molecule has 1 heterocycles. The van der Waals surface area contributed by atoms with Crippen LogP contribution < -0.4 is 4.73 Å². The number of aromatic hydroxyl groups is 1. The maximum Gasteiger partial charge on any atom is 0.417 e. The Morgan fingerprint density at radius 3 is 2.64 bits per heavy atom. The van der Waals surface area contributed by atoms with Crippen LogP contribution in [0.2, 0.25) is 0 Å². The van der Waals surface area contributed by atoms with Gasteiger partial charge in [0.25, 0.3) is 0 Å². The van der Waals surface area contributed by atoms with Crippen LogP contribution in [0.25, 0.3) is 0 Å². The van der Waals surface area contributed by atoms with Gasteiger partial charge in [0.1, 0.15) is 0 Å². The predicted molar refractivity (Wildman–Crippen MR) is 39.6 cm³/mol. The van der Waals surface area contributed by atoms with Crippen LogP contribution in [0, 0.1) is 6.92 Å². The van der Waals surface area contributed by atoms with E-state index in [4.69, 9.17) is 5.21 Å². The second-order valence-electron chi connectivity index (χ2n) is 2.50. The van der Waals surface area contributed by atoms with Gasteiger partial charge in [0.15, 0.2) is 0 Å². The first-order valence-electron chi connectivity index (χ1n) is 3.59. The van der Waals surface area contributed by atoms with E-state index in [9.17, 15) is 5.11 Å². The lowest BCUT2D eigenvalue weighted by molar-refractivity contribution is -0.907. The van der Waals surface area contributed by atoms with Crippen LogP contribution in [0.4, 0.5) is 0 Å². The number of hydrogen-bond acceptors (Lipinski definition) is 2. The van der Waals surface area contributed by atoms with E-state index in [0.717, 1.165) is 22.3 Å². The molecule has 11 heavy (non-hydrogen) atoms. The molecule has 0 aliphatic rings. The first-order chi connectivity index (χ1) is 5.16. The zero-order valence-electron chi connectivity index (χ0n) is 6.70. The highest BCUT2D eigenvalue weighted by atomic mass is 16.5. The molecule has 1 aromatic heterocycles. The maximum atomic E-state index is 9.29. The molecule has 0 unspecified atom stereocenters. The average molecular weight is 154 g/mol. The molecular weight excluding hydrogens is 142 g/mol. The summed E-state index contributed by atoms with van der Waals surface area (Å²) in [5.41, 5.74) is 1.78. The molecule has 0 amide bonds. The van der Waals surface area contributed by atoms with Gasteiger partial charge in [0.05, 0.1) is 5.56 Å². The number of pyridine rings is 1. The molecule has 60 valence electrons. The summed E-state index contributed by atoms with van der Waals surface area (Å²) in [5, 5.41) is 18.3. The summed E-state index contributed by atoms with van der Waals surface area (Å²) in [6.45, 7) is 3.83. The van der Waals surface area contributed by atoms with Crippen molar-refractivity contribution in [2.75, 3.05) is 0 Å². The SMILES string of the molecule is CCc1c(C)cc[n+](O)c1O. The Kier molecular flexibility index (Phi) is 1.98. The van der Waals surface area contributed by atoms with Gasteiger partial charge in [0, 0.05) is 10.8 Å². The van der Waals surface area contributed by atoms with Gasteiger partial charge in [-0.1, -0.05) is 6.92 Å². The Morgan fingerprint density at radius 2 is 2.18 bits per heavy atom. The number of nitrogens with zero attached hydrogens (tertiary/aromatic N) is 1. The quantitative estimate of drug-likeness (QED) is 0.464. The third-order valence-electron chi connectivity index (χ3n) is 1.78. The number of aryl methyl sites for hydroxylation is 1. The molecule has 1 rings (SSSR count). The van der Waals surface area contributed by atoms with Gasteiger partial charge in [-0.2, -0.15) is 0 Å². The molecule has 0 bridgehead atoms. The Hall–Kier alpha value is -1.25. The molecular formula is C8H12NO2+. The van der Waals surface area contributed by atoms with Crippen molar-refractivity contribution in [3.63, 3.8) is 0 Å². The fourth-order valence-corrected chi connectivity index (χ4v) is 1.11. The smallest absolute Gasteiger partial charge is 0.417 e. The summed E-state index contributed by atoms with van der Waals surface area (Å²) in [7, 11) is 0. The molecule has 3 heteroatoms. The fraction of sp³-hybridized carbons (Fsp3) is 0.375. The van der Waals surface area contributed by atoms with Crippen molar-refractivity contribution in [3.8, 4) is 5.88 Å². The predicted octanol–water partition coefficient (Wildman–Crippen LogP) is 0.788. The molecule has 0 aromatic carbocycles. The summed E-state index contributed by atoms with van der Waals surface area (Å²) in [6, 6.07) is 1.76. The Balaban J connectivity index is 3.29. The van der Waals surface area contributed by atoms with Crippen LogP contribution in [0.3, 0.4) is 0 Å². The lowest BCUT2D eigenvalue weighted by Crippen LogP contribution is -2.30. The van der Waals surface area contributed by atoms with E-state index in [0.29, 0.717) is 0 Å². The van der Waals surface area contributed by atoms with E-state index in [1.807, 2.05) is 13.8 Å². The van der Waals surface area contributed by atoms with Gasteiger partial charge in [0.2, 0.25) is 6.20 Å². The summed E-state index contributed by atoms with van der Waals surface area (Å²) in [5.74, 6) is -0.0625. The molecule has 0 atom stereocenters. The van der Waals surface area contributed by atoms with Crippen LogP contribution in [-0.2, 0) is 6.42 Å². The molecule has 2 N–H and O–H groups in total. The fourth-order valence-electron chi connectivity index (χ4n) is 1.11. The molecule has 3 nitrogen and oxygen atoms in total. The van der Waals surface area contributed by atoms with Crippen molar-refractivity contribution in [2.24, 2.45) is 0 Å². The molecule has 0 aliphatic heterocycles. The number of rotatable bonds is 1. The molecule has 0 saturated heterocycles. The molecule has 0 spiro atoms. The average Bonchev–Trinajstić information content (AvgIpc) is 1.99. The molecule has 0 saturated carbocycles. The van der Waals surface area contributed by atoms with E-state index in [1.54, 1.807) is 6.07 Å². The zero-order chi connectivity index (χ0) is 8.43. The summed E-state index contributed by atoms with van der Waals surface area (Å²) in [6.07, 6.45) is 2.14. The van der Waals surface area contributed by atoms with Crippen molar-refractivity contribution in [3.05, 3.63) is 23.4 Å².